The topological polar surface area (TPSA) is 115 Å². The van der Waals surface area contributed by atoms with Crippen LogP contribution in [-0.4, -0.2) is 23.0 Å². The molecule has 144 valence electrons. The Balaban J connectivity index is 1.89. The van der Waals surface area contributed by atoms with E-state index in [2.05, 4.69) is 5.32 Å². The van der Waals surface area contributed by atoms with Crippen LogP contribution in [0.15, 0.2) is 52.9 Å². The SMILES string of the molecule is COc1ccc(C(=O)Nc2cc(-c3ccc(CO)o3)ccc2C)cc1[N+](=O)[O-]. The van der Waals surface area contributed by atoms with Gasteiger partial charge >= 0.3 is 5.69 Å². The standard InChI is InChI=1S/C20H18N2O6/c1-12-3-4-13(18-8-6-15(11-23)28-18)9-16(12)21-20(24)14-5-7-19(27-2)17(10-14)22(25)26/h3-10,23H,11H2,1-2H3,(H,21,24). The number of nitrogens with zero attached hydrogens (tertiary/aromatic N) is 1. The van der Waals surface area contributed by atoms with Gasteiger partial charge in [0, 0.05) is 22.9 Å². The van der Waals surface area contributed by atoms with Crippen LogP contribution in [0.1, 0.15) is 21.7 Å². The van der Waals surface area contributed by atoms with Gasteiger partial charge in [-0.3, -0.25) is 14.9 Å². The number of anilines is 1. The number of nitro benzene ring substituents is 1. The lowest BCUT2D eigenvalue weighted by molar-refractivity contribution is -0.385. The molecular weight excluding hydrogens is 364 g/mol. The number of rotatable bonds is 6. The summed E-state index contributed by atoms with van der Waals surface area (Å²) in [5.74, 6) is 0.588. The van der Waals surface area contributed by atoms with Gasteiger partial charge in [-0.05, 0) is 42.8 Å². The van der Waals surface area contributed by atoms with Gasteiger partial charge in [-0.2, -0.15) is 0 Å². The molecule has 0 fully saturated rings. The Bertz CT molecular complexity index is 1040. The van der Waals surface area contributed by atoms with E-state index in [1.54, 1.807) is 18.2 Å². The third-order valence-electron chi connectivity index (χ3n) is 4.23. The number of aliphatic hydroxyl groups is 1. The van der Waals surface area contributed by atoms with E-state index in [0.29, 0.717) is 17.2 Å². The van der Waals surface area contributed by atoms with Crippen molar-refractivity contribution in [3.8, 4) is 17.1 Å². The molecule has 0 saturated carbocycles. The summed E-state index contributed by atoms with van der Waals surface area (Å²) in [6.07, 6.45) is 0. The molecule has 3 aromatic rings. The minimum Gasteiger partial charge on any atom is -0.490 e. The molecular formula is C20H18N2O6. The first kappa shape index (κ1) is 19.1. The van der Waals surface area contributed by atoms with Crippen molar-refractivity contribution in [3.63, 3.8) is 0 Å². The Morgan fingerprint density at radius 3 is 2.64 bits per heavy atom. The largest absolute Gasteiger partial charge is 0.490 e. The summed E-state index contributed by atoms with van der Waals surface area (Å²) in [5, 5.41) is 23.1. The number of ether oxygens (including phenoxy) is 1. The van der Waals surface area contributed by atoms with Crippen molar-refractivity contribution < 1.29 is 24.0 Å². The van der Waals surface area contributed by atoms with Gasteiger partial charge in [0.25, 0.3) is 5.91 Å². The van der Waals surface area contributed by atoms with E-state index in [9.17, 15) is 14.9 Å². The minimum atomic E-state index is -0.600. The highest BCUT2D eigenvalue weighted by Gasteiger charge is 2.19. The fourth-order valence-corrected chi connectivity index (χ4v) is 2.70. The normalized spacial score (nSPS) is 10.5. The molecule has 28 heavy (non-hydrogen) atoms. The zero-order valence-electron chi connectivity index (χ0n) is 15.3. The molecule has 8 heteroatoms. The number of hydrogen-bond acceptors (Lipinski definition) is 6. The third kappa shape index (κ3) is 3.86. The van der Waals surface area contributed by atoms with E-state index in [4.69, 9.17) is 14.3 Å². The molecule has 0 bridgehead atoms. The number of aryl methyl sites for hydroxylation is 1. The van der Waals surface area contributed by atoms with Gasteiger partial charge < -0.3 is 19.6 Å². The Morgan fingerprint density at radius 1 is 1.21 bits per heavy atom. The van der Waals surface area contributed by atoms with Gasteiger partial charge in [-0.15, -0.1) is 0 Å². The molecule has 1 heterocycles. The maximum Gasteiger partial charge on any atom is 0.311 e. The minimum absolute atomic E-state index is 0.0808. The van der Waals surface area contributed by atoms with E-state index in [-0.39, 0.29) is 23.6 Å². The molecule has 0 atom stereocenters. The number of nitro groups is 1. The summed E-state index contributed by atoms with van der Waals surface area (Å²) in [6.45, 7) is 1.63. The first-order valence-corrected chi connectivity index (χ1v) is 8.37. The second kappa shape index (κ2) is 7.93. The summed E-state index contributed by atoms with van der Waals surface area (Å²) >= 11 is 0. The van der Waals surface area contributed by atoms with Gasteiger partial charge in [-0.25, -0.2) is 0 Å². The predicted octanol–water partition coefficient (Wildman–Crippen LogP) is 3.92. The molecule has 3 rings (SSSR count). The van der Waals surface area contributed by atoms with Crippen LogP contribution in [0.4, 0.5) is 11.4 Å². The quantitative estimate of drug-likeness (QED) is 0.493. The number of amides is 1. The van der Waals surface area contributed by atoms with Gasteiger partial charge in [0.2, 0.25) is 0 Å². The lowest BCUT2D eigenvalue weighted by atomic mass is 10.1. The fraction of sp³-hybridized carbons (Fsp3) is 0.150. The Kier molecular flexibility index (Phi) is 5.42. The van der Waals surface area contributed by atoms with Crippen molar-refractivity contribution in [2.24, 2.45) is 0 Å². The van der Waals surface area contributed by atoms with Crippen molar-refractivity contribution in [1.29, 1.82) is 0 Å². The summed E-state index contributed by atoms with van der Waals surface area (Å²) in [5.41, 5.74) is 1.93. The van der Waals surface area contributed by atoms with Gasteiger partial charge in [0.1, 0.15) is 18.1 Å². The zero-order chi connectivity index (χ0) is 20.3. The maximum absolute atomic E-state index is 12.6. The summed E-state index contributed by atoms with van der Waals surface area (Å²) in [7, 11) is 1.33. The van der Waals surface area contributed by atoms with Crippen molar-refractivity contribution in [3.05, 3.63) is 75.5 Å². The third-order valence-corrected chi connectivity index (χ3v) is 4.23. The lowest BCUT2D eigenvalue weighted by Gasteiger charge is -2.11. The monoisotopic (exact) mass is 382 g/mol. The number of methoxy groups -OCH3 is 1. The van der Waals surface area contributed by atoms with Gasteiger partial charge in [-0.1, -0.05) is 12.1 Å². The molecule has 1 aromatic heterocycles. The highest BCUT2D eigenvalue weighted by Crippen LogP contribution is 2.30. The first-order chi connectivity index (χ1) is 13.4. The van der Waals surface area contributed by atoms with E-state index in [1.165, 1.54) is 25.3 Å². The molecule has 0 spiro atoms. The van der Waals surface area contributed by atoms with Crippen molar-refractivity contribution in [1.82, 2.24) is 0 Å². The smallest absolute Gasteiger partial charge is 0.311 e. The first-order valence-electron chi connectivity index (χ1n) is 8.37. The molecule has 0 aliphatic heterocycles. The number of hydrogen-bond donors (Lipinski definition) is 2. The van der Waals surface area contributed by atoms with E-state index in [0.717, 1.165) is 11.1 Å². The van der Waals surface area contributed by atoms with Gasteiger partial charge in [0.15, 0.2) is 5.75 Å². The number of nitrogens with one attached hydrogen (secondary N) is 1. The molecule has 0 unspecified atom stereocenters. The molecule has 0 aliphatic carbocycles. The maximum atomic E-state index is 12.6. The summed E-state index contributed by atoms with van der Waals surface area (Å²) in [4.78, 5) is 23.2. The molecule has 0 radical (unpaired) electrons. The Hall–Kier alpha value is -3.65. The van der Waals surface area contributed by atoms with Crippen LogP contribution in [0.25, 0.3) is 11.3 Å². The summed E-state index contributed by atoms with van der Waals surface area (Å²) in [6, 6.07) is 12.8. The van der Waals surface area contributed by atoms with Crippen molar-refractivity contribution in [2.75, 3.05) is 12.4 Å². The highest BCUT2D eigenvalue weighted by molar-refractivity contribution is 6.05. The second-order valence-electron chi connectivity index (χ2n) is 6.05. The lowest BCUT2D eigenvalue weighted by Crippen LogP contribution is -2.13. The van der Waals surface area contributed by atoms with Gasteiger partial charge in [0.05, 0.1) is 12.0 Å². The van der Waals surface area contributed by atoms with Crippen LogP contribution in [0.5, 0.6) is 5.75 Å². The summed E-state index contributed by atoms with van der Waals surface area (Å²) < 4.78 is 10.5. The second-order valence-corrected chi connectivity index (χ2v) is 6.05. The van der Waals surface area contributed by atoms with Crippen molar-refractivity contribution >= 4 is 17.3 Å². The molecule has 2 aromatic carbocycles. The van der Waals surface area contributed by atoms with E-state index >= 15 is 0 Å². The van der Waals surface area contributed by atoms with Crippen LogP contribution < -0.4 is 10.1 Å². The van der Waals surface area contributed by atoms with Crippen LogP contribution in [-0.2, 0) is 6.61 Å². The Morgan fingerprint density at radius 2 is 2.00 bits per heavy atom. The van der Waals surface area contributed by atoms with E-state index < -0.39 is 10.8 Å². The van der Waals surface area contributed by atoms with Crippen LogP contribution in [0.2, 0.25) is 0 Å². The van der Waals surface area contributed by atoms with Crippen LogP contribution >= 0.6 is 0 Å². The number of carbonyl (C=O) groups excluding carboxylic acids is 1. The molecule has 2 N–H and O–H groups in total. The number of furan rings is 1. The molecule has 0 saturated heterocycles. The number of benzene rings is 2. The number of carbonyl (C=O) groups is 1. The Labute approximate surface area is 160 Å². The predicted molar refractivity (Wildman–Crippen MR) is 102 cm³/mol. The average molecular weight is 382 g/mol. The molecule has 0 aliphatic rings. The van der Waals surface area contributed by atoms with Crippen LogP contribution in [0, 0.1) is 17.0 Å². The number of aliphatic hydroxyl groups excluding tert-OH is 1. The average Bonchev–Trinajstić information content (AvgIpc) is 3.18. The molecule has 1 amide bonds. The molecule has 8 nitrogen and oxygen atoms in total. The highest BCUT2D eigenvalue weighted by atomic mass is 16.6. The zero-order valence-corrected chi connectivity index (χ0v) is 15.3. The fourth-order valence-electron chi connectivity index (χ4n) is 2.70. The van der Waals surface area contributed by atoms with E-state index in [1.807, 2.05) is 19.1 Å². The van der Waals surface area contributed by atoms with Crippen LogP contribution in [0.3, 0.4) is 0 Å². The van der Waals surface area contributed by atoms with Crippen molar-refractivity contribution in [2.45, 2.75) is 13.5 Å².